The first-order chi connectivity index (χ1) is 12.5. The third kappa shape index (κ3) is 3.72. The summed E-state index contributed by atoms with van der Waals surface area (Å²) in [7, 11) is 1.58. The van der Waals surface area contributed by atoms with Crippen LogP contribution in [0.15, 0.2) is 36.7 Å². The number of benzene rings is 1. The van der Waals surface area contributed by atoms with E-state index in [-0.39, 0.29) is 24.8 Å². The van der Waals surface area contributed by atoms with Gasteiger partial charge in [0.15, 0.2) is 0 Å². The molecule has 3 rings (SSSR count). The van der Waals surface area contributed by atoms with E-state index in [4.69, 9.17) is 0 Å². The van der Waals surface area contributed by atoms with Gasteiger partial charge in [-0.25, -0.2) is 9.97 Å². The Morgan fingerprint density at radius 1 is 1.31 bits per heavy atom. The first-order valence-electron chi connectivity index (χ1n) is 7.98. The fraction of sp³-hybridized carbons (Fsp3) is 0.353. The highest BCUT2D eigenvalue weighted by Gasteiger charge is 2.19. The average Bonchev–Trinajstić information content (AvgIpc) is 3.20. The molecule has 9 heteroatoms. The Morgan fingerprint density at radius 2 is 2.08 bits per heavy atom. The second-order valence-corrected chi connectivity index (χ2v) is 6.68. The van der Waals surface area contributed by atoms with E-state index in [2.05, 4.69) is 9.97 Å². The number of aromatic nitrogens is 4. The maximum absolute atomic E-state index is 12.9. The van der Waals surface area contributed by atoms with Gasteiger partial charge in [0.2, 0.25) is 5.91 Å². The molecule has 0 saturated carbocycles. The molecule has 0 aliphatic heterocycles. The number of likely N-dealkylation sites (N-methyl/N-ethyl adjacent to an activating group) is 1. The number of halogens is 2. The number of nitrogens with zero attached hydrogens (tertiary/aromatic N) is 5. The molecular weight excluding hydrogens is 360 g/mol. The van der Waals surface area contributed by atoms with Gasteiger partial charge in [0.25, 0.3) is 0 Å². The van der Waals surface area contributed by atoms with Gasteiger partial charge in [0.1, 0.15) is 18.2 Å². The molecule has 1 amide bonds. The Kier molecular flexibility index (Phi) is 5.55. The average molecular weight is 379 g/mol. The lowest BCUT2D eigenvalue weighted by Gasteiger charge is -2.19. The highest BCUT2D eigenvalue weighted by Crippen LogP contribution is 2.19. The molecule has 0 N–H and O–H groups in total. The normalized spacial score (nSPS) is 11.4. The van der Waals surface area contributed by atoms with Crippen LogP contribution < -0.4 is 0 Å². The molecule has 1 aromatic carbocycles. The van der Waals surface area contributed by atoms with Gasteiger partial charge >= 0.3 is 6.55 Å². The minimum atomic E-state index is -2.68. The molecule has 0 saturated heterocycles. The van der Waals surface area contributed by atoms with Crippen molar-refractivity contribution in [2.24, 2.45) is 0 Å². The summed E-state index contributed by atoms with van der Waals surface area (Å²) in [6.07, 6.45) is 4.49. The Labute approximate surface area is 153 Å². The molecule has 26 heavy (non-hydrogen) atoms. The van der Waals surface area contributed by atoms with E-state index in [1.54, 1.807) is 18.8 Å². The van der Waals surface area contributed by atoms with Crippen LogP contribution in [-0.2, 0) is 23.6 Å². The van der Waals surface area contributed by atoms with Crippen molar-refractivity contribution in [3.05, 3.63) is 48.3 Å². The van der Waals surface area contributed by atoms with Crippen LogP contribution in [0.5, 0.6) is 0 Å². The van der Waals surface area contributed by atoms with Gasteiger partial charge in [-0.2, -0.15) is 20.5 Å². The first-order valence-corrected chi connectivity index (χ1v) is 9.37. The van der Waals surface area contributed by atoms with E-state index in [0.29, 0.717) is 5.75 Å². The van der Waals surface area contributed by atoms with Crippen molar-refractivity contribution in [2.45, 2.75) is 25.4 Å². The monoisotopic (exact) mass is 379 g/mol. The van der Waals surface area contributed by atoms with Crippen molar-refractivity contribution in [3.8, 4) is 0 Å². The number of carbonyl (C=O) groups excluding carboxylic acids is 1. The summed E-state index contributed by atoms with van der Waals surface area (Å²) in [6, 6.07) is 7.63. The predicted octanol–water partition coefficient (Wildman–Crippen LogP) is 3.15. The molecule has 0 bridgehead atoms. The summed E-state index contributed by atoms with van der Waals surface area (Å²) in [6.45, 7) is -2.56. The highest BCUT2D eigenvalue weighted by molar-refractivity contribution is 7.97. The molecule has 0 atom stereocenters. The van der Waals surface area contributed by atoms with Gasteiger partial charge in [-0.05, 0) is 18.4 Å². The third-order valence-electron chi connectivity index (χ3n) is 4.06. The van der Waals surface area contributed by atoms with Gasteiger partial charge in [0.05, 0.1) is 23.3 Å². The van der Waals surface area contributed by atoms with E-state index >= 15 is 0 Å². The second kappa shape index (κ2) is 7.86. The summed E-state index contributed by atoms with van der Waals surface area (Å²) >= 11 is 1.62. The summed E-state index contributed by atoms with van der Waals surface area (Å²) in [5.41, 5.74) is 1.72. The minimum absolute atomic E-state index is 0.0145. The number of thioether (sulfide) groups is 1. The number of para-hydroxylation sites is 2. The zero-order valence-electron chi connectivity index (χ0n) is 14.5. The van der Waals surface area contributed by atoms with Crippen LogP contribution >= 0.6 is 11.8 Å². The van der Waals surface area contributed by atoms with Gasteiger partial charge in [-0.1, -0.05) is 12.1 Å². The van der Waals surface area contributed by atoms with E-state index in [1.165, 1.54) is 17.3 Å². The first kappa shape index (κ1) is 18.4. The van der Waals surface area contributed by atoms with Gasteiger partial charge < -0.3 is 9.47 Å². The quantitative estimate of drug-likeness (QED) is 0.633. The Morgan fingerprint density at radius 3 is 2.81 bits per heavy atom. The van der Waals surface area contributed by atoms with E-state index in [1.807, 2.05) is 35.1 Å². The van der Waals surface area contributed by atoms with Crippen molar-refractivity contribution in [2.75, 3.05) is 13.3 Å². The van der Waals surface area contributed by atoms with Crippen molar-refractivity contribution >= 4 is 28.7 Å². The van der Waals surface area contributed by atoms with Crippen LogP contribution in [0.3, 0.4) is 0 Å². The topological polar surface area (TPSA) is 56.0 Å². The summed E-state index contributed by atoms with van der Waals surface area (Å²) in [5, 5.41) is 0. The van der Waals surface area contributed by atoms with Gasteiger partial charge in [-0.15, -0.1) is 0 Å². The number of amides is 1. The largest absolute Gasteiger partial charge is 0.337 e. The third-order valence-corrected chi connectivity index (χ3v) is 4.61. The summed E-state index contributed by atoms with van der Waals surface area (Å²) in [4.78, 5) is 22.6. The lowest BCUT2D eigenvalue weighted by atomic mass is 10.3. The highest BCUT2D eigenvalue weighted by atomic mass is 32.2. The summed E-state index contributed by atoms with van der Waals surface area (Å²) < 4.78 is 28.5. The molecule has 0 aliphatic carbocycles. The molecule has 138 valence electrons. The standard InChI is InChI=1S/C17H19F2N5OS/c1-22(9-14-20-7-8-23(14)17(18)19)16(25)10-24-13-6-4-3-5-12(13)21-15(24)11-26-2/h3-8,17H,9-11H2,1-2H3. The predicted molar refractivity (Wildman–Crippen MR) is 96.9 cm³/mol. The second-order valence-electron chi connectivity index (χ2n) is 5.81. The number of alkyl halides is 2. The van der Waals surface area contributed by atoms with Crippen LogP contribution in [-0.4, -0.2) is 43.2 Å². The van der Waals surface area contributed by atoms with Gasteiger partial charge in [-0.3, -0.25) is 9.36 Å². The number of hydrogen-bond acceptors (Lipinski definition) is 4. The molecular formula is C17H19F2N5OS. The molecule has 6 nitrogen and oxygen atoms in total. The lowest BCUT2D eigenvalue weighted by Crippen LogP contribution is -2.31. The smallest absolute Gasteiger partial charge is 0.319 e. The molecule has 3 aromatic rings. The van der Waals surface area contributed by atoms with Crippen molar-refractivity contribution < 1.29 is 13.6 Å². The zero-order chi connectivity index (χ0) is 18.7. The zero-order valence-corrected chi connectivity index (χ0v) is 15.3. The van der Waals surface area contributed by atoms with Crippen LogP contribution in [0.4, 0.5) is 8.78 Å². The van der Waals surface area contributed by atoms with Crippen LogP contribution in [0.25, 0.3) is 11.0 Å². The fourth-order valence-electron chi connectivity index (χ4n) is 2.74. The summed E-state index contributed by atoms with van der Waals surface area (Å²) in [5.74, 6) is 1.45. The Hall–Kier alpha value is -2.42. The van der Waals surface area contributed by atoms with E-state index < -0.39 is 6.55 Å². The fourth-order valence-corrected chi connectivity index (χ4v) is 3.22. The number of fused-ring (bicyclic) bond motifs is 1. The van der Waals surface area contributed by atoms with E-state index in [9.17, 15) is 13.6 Å². The maximum atomic E-state index is 12.9. The van der Waals surface area contributed by atoms with Crippen LogP contribution in [0, 0.1) is 0 Å². The molecule has 0 aliphatic rings. The molecule has 0 unspecified atom stereocenters. The van der Waals surface area contributed by atoms with Gasteiger partial charge in [0, 0.05) is 19.4 Å². The minimum Gasteiger partial charge on any atom is -0.337 e. The van der Waals surface area contributed by atoms with E-state index in [0.717, 1.165) is 21.4 Å². The van der Waals surface area contributed by atoms with Crippen molar-refractivity contribution in [1.29, 1.82) is 0 Å². The van der Waals surface area contributed by atoms with Crippen molar-refractivity contribution in [3.63, 3.8) is 0 Å². The molecule has 2 heterocycles. The van der Waals surface area contributed by atoms with Crippen molar-refractivity contribution in [1.82, 2.24) is 24.0 Å². The maximum Gasteiger partial charge on any atom is 0.319 e. The molecule has 0 radical (unpaired) electrons. The molecule has 0 fully saturated rings. The van der Waals surface area contributed by atoms with Crippen LogP contribution in [0.1, 0.15) is 18.2 Å². The Bertz CT molecular complexity index is 908. The molecule has 2 aromatic heterocycles. The van der Waals surface area contributed by atoms with Crippen LogP contribution in [0.2, 0.25) is 0 Å². The number of imidazole rings is 2. The molecule has 0 spiro atoms. The Balaban J connectivity index is 1.80. The number of rotatable bonds is 7. The lowest BCUT2D eigenvalue weighted by molar-refractivity contribution is -0.131. The SMILES string of the molecule is CSCc1nc2ccccc2n1CC(=O)N(C)Cc1nccn1C(F)F. The number of hydrogen-bond donors (Lipinski definition) is 0. The number of carbonyl (C=O) groups is 1.